The van der Waals surface area contributed by atoms with Crippen LogP contribution in [0.25, 0.3) is 0 Å². The summed E-state index contributed by atoms with van der Waals surface area (Å²) in [5.41, 5.74) is 0.794. The first-order chi connectivity index (χ1) is 5.33. The fraction of sp³-hybridized carbons (Fsp3) is 0.286. The highest BCUT2D eigenvalue weighted by atomic mass is 16.1. The Morgan fingerprint density at radius 3 is 3.00 bits per heavy atom. The quantitative estimate of drug-likeness (QED) is 0.574. The molecule has 4 nitrogen and oxygen atoms in total. The van der Waals surface area contributed by atoms with Gasteiger partial charge in [0.2, 0.25) is 6.41 Å². The first kappa shape index (κ1) is 7.65. The lowest BCUT2D eigenvalue weighted by atomic mass is 10.4. The lowest BCUT2D eigenvalue weighted by Gasteiger charge is -2.07. The zero-order valence-electron chi connectivity index (χ0n) is 6.27. The first-order valence-corrected chi connectivity index (χ1v) is 3.23. The molecule has 0 aliphatic rings. The van der Waals surface area contributed by atoms with E-state index in [1.807, 2.05) is 0 Å². The van der Waals surface area contributed by atoms with Gasteiger partial charge in [0.1, 0.15) is 0 Å². The summed E-state index contributed by atoms with van der Waals surface area (Å²) in [7, 11) is 1.70. The van der Waals surface area contributed by atoms with E-state index in [0.717, 1.165) is 12.1 Å². The van der Waals surface area contributed by atoms with E-state index in [1.54, 1.807) is 25.6 Å². The Morgan fingerprint density at radius 1 is 1.64 bits per heavy atom. The zero-order chi connectivity index (χ0) is 8.10. The van der Waals surface area contributed by atoms with Crippen LogP contribution in [-0.4, -0.2) is 28.3 Å². The molecule has 4 heteroatoms. The van der Waals surface area contributed by atoms with Crippen LogP contribution in [0.3, 0.4) is 0 Å². The monoisotopic (exact) mass is 151 g/mol. The fourth-order valence-electron chi connectivity index (χ4n) is 0.704. The van der Waals surface area contributed by atoms with Crippen molar-refractivity contribution >= 4 is 6.41 Å². The van der Waals surface area contributed by atoms with Crippen LogP contribution >= 0.6 is 0 Å². The third kappa shape index (κ3) is 2.33. The molecule has 0 unspecified atom stereocenters. The molecule has 1 aromatic heterocycles. The van der Waals surface area contributed by atoms with Gasteiger partial charge in [-0.3, -0.25) is 14.8 Å². The van der Waals surface area contributed by atoms with Crippen LogP contribution in [0.4, 0.5) is 0 Å². The van der Waals surface area contributed by atoms with Gasteiger partial charge in [-0.25, -0.2) is 0 Å². The summed E-state index contributed by atoms with van der Waals surface area (Å²) in [5.74, 6) is 0. The van der Waals surface area contributed by atoms with Gasteiger partial charge in [-0.1, -0.05) is 0 Å². The minimum Gasteiger partial charge on any atom is -0.342 e. The van der Waals surface area contributed by atoms with Crippen LogP contribution in [0.1, 0.15) is 5.69 Å². The standard InChI is InChI=1S/C7H9N3O/c1-10(6-11)5-7-4-8-2-3-9-7/h2-4,6H,5H2,1H3. The van der Waals surface area contributed by atoms with Crippen LogP contribution in [-0.2, 0) is 11.3 Å². The van der Waals surface area contributed by atoms with Crippen LogP contribution in [0.5, 0.6) is 0 Å². The van der Waals surface area contributed by atoms with Crippen molar-refractivity contribution in [1.82, 2.24) is 14.9 Å². The van der Waals surface area contributed by atoms with Gasteiger partial charge in [-0.2, -0.15) is 0 Å². The van der Waals surface area contributed by atoms with E-state index < -0.39 is 0 Å². The van der Waals surface area contributed by atoms with Gasteiger partial charge >= 0.3 is 0 Å². The fourth-order valence-corrected chi connectivity index (χ4v) is 0.704. The lowest BCUT2D eigenvalue weighted by molar-refractivity contribution is -0.117. The van der Waals surface area contributed by atoms with Crippen LogP contribution in [0.2, 0.25) is 0 Å². The topological polar surface area (TPSA) is 46.1 Å². The minimum atomic E-state index is 0.511. The lowest BCUT2D eigenvalue weighted by Crippen LogP contribution is -2.15. The van der Waals surface area contributed by atoms with E-state index >= 15 is 0 Å². The van der Waals surface area contributed by atoms with Gasteiger partial charge in [0, 0.05) is 19.4 Å². The van der Waals surface area contributed by atoms with Gasteiger partial charge in [0.15, 0.2) is 0 Å². The number of carbonyl (C=O) groups excluding carboxylic acids is 1. The number of amides is 1. The molecule has 0 saturated heterocycles. The number of aromatic nitrogens is 2. The second-order valence-electron chi connectivity index (χ2n) is 2.22. The average molecular weight is 151 g/mol. The van der Waals surface area contributed by atoms with E-state index in [4.69, 9.17) is 0 Å². The van der Waals surface area contributed by atoms with Crippen LogP contribution < -0.4 is 0 Å². The zero-order valence-corrected chi connectivity index (χ0v) is 6.27. The predicted molar refractivity (Wildman–Crippen MR) is 39.6 cm³/mol. The molecule has 1 heterocycles. The van der Waals surface area contributed by atoms with Crippen molar-refractivity contribution in [3.63, 3.8) is 0 Å². The van der Waals surface area contributed by atoms with Crippen molar-refractivity contribution < 1.29 is 4.79 Å². The van der Waals surface area contributed by atoms with Crippen molar-refractivity contribution in [2.24, 2.45) is 0 Å². The Hall–Kier alpha value is -1.45. The normalized spacial score (nSPS) is 9.18. The van der Waals surface area contributed by atoms with E-state index in [9.17, 15) is 4.79 Å². The molecule has 1 amide bonds. The molecule has 0 radical (unpaired) electrons. The molecule has 0 saturated carbocycles. The Kier molecular flexibility index (Phi) is 2.54. The van der Waals surface area contributed by atoms with Crippen molar-refractivity contribution in [2.45, 2.75) is 6.54 Å². The summed E-state index contributed by atoms with van der Waals surface area (Å²) in [6.07, 6.45) is 5.60. The summed E-state index contributed by atoms with van der Waals surface area (Å²) in [4.78, 5) is 19.6. The molecule has 0 atom stereocenters. The van der Waals surface area contributed by atoms with Gasteiger partial charge < -0.3 is 4.90 Å². The highest BCUT2D eigenvalue weighted by Gasteiger charge is 1.95. The Bertz CT molecular complexity index is 224. The van der Waals surface area contributed by atoms with E-state index in [0.29, 0.717) is 6.54 Å². The number of hydrogen-bond acceptors (Lipinski definition) is 3. The molecule has 1 aromatic rings. The maximum absolute atomic E-state index is 10.2. The third-order valence-electron chi connectivity index (χ3n) is 1.21. The second-order valence-corrected chi connectivity index (χ2v) is 2.22. The SMILES string of the molecule is CN(C=O)Cc1cnccn1. The highest BCUT2D eigenvalue weighted by Crippen LogP contribution is 1.92. The Balaban J connectivity index is 2.57. The molecule has 0 bridgehead atoms. The van der Waals surface area contributed by atoms with Gasteiger partial charge in [-0.05, 0) is 0 Å². The first-order valence-electron chi connectivity index (χ1n) is 3.23. The Labute approximate surface area is 64.9 Å². The maximum Gasteiger partial charge on any atom is 0.209 e. The molecule has 11 heavy (non-hydrogen) atoms. The van der Waals surface area contributed by atoms with E-state index in [1.165, 1.54) is 4.90 Å². The number of rotatable bonds is 3. The third-order valence-corrected chi connectivity index (χ3v) is 1.21. The van der Waals surface area contributed by atoms with Crippen molar-refractivity contribution in [2.75, 3.05) is 7.05 Å². The number of carbonyl (C=O) groups is 1. The van der Waals surface area contributed by atoms with Crippen molar-refractivity contribution in [1.29, 1.82) is 0 Å². The molecular formula is C7H9N3O. The maximum atomic E-state index is 10.2. The van der Waals surface area contributed by atoms with Crippen LogP contribution in [0.15, 0.2) is 18.6 Å². The van der Waals surface area contributed by atoms with Crippen LogP contribution in [0, 0.1) is 0 Å². The molecule has 0 N–H and O–H groups in total. The molecule has 0 aliphatic heterocycles. The second kappa shape index (κ2) is 3.65. The van der Waals surface area contributed by atoms with Crippen molar-refractivity contribution in [3.05, 3.63) is 24.3 Å². The molecule has 58 valence electrons. The van der Waals surface area contributed by atoms with E-state index in [-0.39, 0.29) is 0 Å². The van der Waals surface area contributed by atoms with Gasteiger partial charge in [0.25, 0.3) is 0 Å². The van der Waals surface area contributed by atoms with Gasteiger partial charge in [0.05, 0.1) is 18.4 Å². The highest BCUT2D eigenvalue weighted by molar-refractivity contribution is 5.46. The van der Waals surface area contributed by atoms with E-state index in [2.05, 4.69) is 9.97 Å². The molecule has 0 fully saturated rings. The molecule has 0 spiro atoms. The average Bonchev–Trinajstić information content (AvgIpc) is 2.06. The predicted octanol–water partition coefficient (Wildman–Crippen LogP) is 0.0648. The summed E-state index contributed by atoms with van der Waals surface area (Å²) >= 11 is 0. The number of nitrogens with zero attached hydrogens (tertiary/aromatic N) is 3. The largest absolute Gasteiger partial charge is 0.342 e. The van der Waals surface area contributed by atoms with Crippen molar-refractivity contribution in [3.8, 4) is 0 Å². The molecular weight excluding hydrogens is 142 g/mol. The summed E-state index contributed by atoms with van der Waals surface area (Å²) in [5, 5.41) is 0. The smallest absolute Gasteiger partial charge is 0.209 e. The molecule has 0 aromatic carbocycles. The molecule has 0 aliphatic carbocycles. The summed E-state index contributed by atoms with van der Waals surface area (Å²) in [6, 6.07) is 0. The summed E-state index contributed by atoms with van der Waals surface area (Å²) in [6.45, 7) is 0.511. The number of hydrogen-bond donors (Lipinski definition) is 0. The Morgan fingerprint density at radius 2 is 2.45 bits per heavy atom. The molecule has 1 rings (SSSR count). The minimum absolute atomic E-state index is 0.511. The van der Waals surface area contributed by atoms with Gasteiger partial charge in [-0.15, -0.1) is 0 Å². The summed E-state index contributed by atoms with van der Waals surface area (Å²) < 4.78 is 0.